The van der Waals surface area contributed by atoms with E-state index in [2.05, 4.69) is 46.3 Å². The van der Waals surface area contributed by atoms with E-state index in [-0.39, 0.29) is 24.0 Å². The lowest BCUT2D eigenvalue weighted by atomic mass is 10.0. The Hall–Kier alpha value is -0.370. The van der Waals surface area contributed by atoms with Crippen LogP contribution in [0.1, 0.15) is 50.2 Å². The van der Waals surface area contributed by atoms with E-state index in [1.807, 2.05) is 7.05 Å². The number of guanidine groups is 1. The highest BCUT2D eigenvalue weighted by molar-refractivity contribution is 14.0. The van der Waals surface area contributed by atoms with E-state index in [0.29, 0.717) is 5.92 Å². The molecule has 1 saturated heterocycles. The van der Waals surface area contributed by atoms with Gasteiger partial charge in [-0.1, -0.05) is 20.8 Å². The molecule has 1 unspecified atom stereocenters. The molecular formula is C15H27IN4S. The smallest absolute Gasteiger partial charge is 0.193 e. The molecule has 1 atom stereocenters. The first-order valence-electron chi connectivity index (χ1n) is 7.50. The van der Waals surface area contributed by atoms with Crippen molar-refractivity contribution < 1.29 is 0 Å². The summed E-state index contributed by atoms with van der Waals surface area (Å²) in [5.41, 5.74) is 1.12. The third-order valence-corrected chi connectivity index (χ3v) is 4.85. The number of hydrogen-bond donors (Lipinski definition) is 1. The number of thiazole rings is 1. The molecule has 120 valence electrons. The molecule has 0 radical (unpaired) electrons. The molecule has 1 fully saturated rings. The topological polar surface area (TPSA) is 40.5 Å². The molecule has 0 bridgehead atoms. The van der Waals surface area contributed by atoms with E-state index < -0.39 is 0 Å². The van der Waals surface area contributed by atoms with Crippen LogP contribution >= 0.6 is 35.3 Å². The van der Waals surface area contributed by atoms with Crippen molar-refractivity contribution in [2.75, 3.05) is 20.1 Å². The largest absolute Gasteiger partial charge is 0.351 e. The first-order valence-corrected chi connectivity index (χ1v) is 8.38. The second kappa shape index (κ2) is 8.92. The Balaban J connectivity index is 0.00000220. The number of nitrogens with one attached hydrogen (secondary N) is 1. The zero-order chi connectivity index (χ0) is 14.5. The number of rotatable bonds is 3. The highest BCUT2D eigenvalue weighted by atomic mass is 127. The average Bonchev–Trinajstić information content (AvgIpc) is 2.88. The minimum absolute atomic E-state index is 0. The second-order valence-electron chi connectivity index (χ2n) is 5.93. The average molecular weight is 422 g/mol. The summed E-state index contributed by atoms with van der Waals surface area (Å²) in [7, 11) is 1.86. The predicted octanol–water partition coefficient (Wildman–Crippen LogP) is 3.69. The minimum atomic E-state index is 0. The van der Waals surface area contributed by atoms with Crippen LogP contribution in [0, 0.1) is 5.92 Å². The number of halogens is 1. The minimum Gasteiger partial charge on any atom is -0.351 e. The molecule has 0 spiro atoms. The highest BCUT2D eigenvalue weighted by Gasteiger charge is 2.19. The molecule has 4 nitrogen and oxygen atoms in total. The normalized spacial score (nSPS) is 19.6. The predicted molar refractivity (Wildman–Crippen MR) is 102 cm³/mol. The second-order valence-corrected chi connectivity index (χ2v) is 6.82. The lowest BCUT2D eigenvalue weighted by Gasteiger charge is -2.33. The summed E-state index contributed by atoms with van der Waals surface area (Å²) in [6.45, 7) is 9.66. The van der Waals surface area contributed by atoms with Crippen LogP contribution in [-0.4, -0.2) is 36.0 Å². The fourth-order valence-corrected chi connectivity index (χ4v) is 3.39. The molecule has 2 rings (SSSR count). The maximum atomic E-state index is 4.66. The van der Waals surface area contributed by atoms with Crippen LogP contribution in [0.15, 0.2) is 10.4 Å². The van der Waals surface area contributed by atoms with Gasteiger partial charge in [0.2, 0.25) is 0 Å². The molecule has 6 heteroatoms. The molecule has 1 aromatic heterocycles. The Morgan fingerprint density at radius 1 is 1.57 bits per heavy atom. The van der Waals surface area contributed by atoms with Crippen LogP contribution in [0.25, 0.3) is 0 Å². The first-order chi connectivity index (χ1) is 9.60. The maximum absolute atomic E-state index is 4.66. The Morgan fingerprint density at radius 3 is 2.90 bits per heavy atom. The van der Waals surface area contributed by atoms with Crippen LogP contribution in [0.3, 0.4) is 0 Å². The van der Waals surface area contributed by atoms with Crippen molar-refractivity contribution in [1.29, 1.82) is 0 Å². The number of nitrogens with zero attached hydrogens (tertiary/aromatic N) is 3. The zero-order valence-electron chi connectivity index (χ0n) is 13.4. The van der Waals surface area contributed by atoms with Crippen LogP contribution in [0.4, 0.5) is 0 Å². The number of piperidine rings is 1. The van der Waals surface area contributed by atoms with E-state index in [4.69, 9.17) is 0 Å². The molecule has 21 heavy (non-hydrogen) atoms. The number of aliphatic imine (C=N–C) groups is 1. The van der Waals surface area contributed by atoms with E-state index in [0.717, 1.165) is 37.2 Å². The van der Waals surface area contributed by atoms with Gasteiger partial charge in [0.15, 0.2) is 5.96 Å². The van der Waals surface area contributed by atoms with Gasteiger partial charge in [-0.05, 0) is 18.8 Å². The molecular weight excluding hydrogens is 395 g/mol. The van der Waals surface area contributed by atoms with Crippen molar-refractivity contribution in [2.45, 2.75) is 46.1 Å². The van der Waals surface area contributed by atoms with Crippen molar-refractivity contribution in [2.24, 2.45) is 10.9 Å². The van der Waals surface area contributed by atoms with E-state index in [1.165, 1.54) is 17.8 Å². The van der Waals surface area contributed by atoms with Gasteiger partial charge >= 0.3 is 0 Å². The highest BCUT2D eigenvalue weighted by Crippen LogP contribution is 2.19. The van der Waals surface area contributed by atoms with Gasteiger partial charge < -0.3 is 10.2 Å². The van der Waals surface area contributed by atoms with Crippen LogP contribution in [0.5, 0.6) is 0 Å². The molecule has 0 aliphatic carbocycles. The number of likely N-dealkylation sites (tertiary alicyclic amines) is 1. The summed E-state index contributed by atoms with van der Waals surface area (Å²) in [6.07, 6.45) is 2.59. The molecule has 2 heterocycles. The molecule has 1 aliphatic rings. The van der Waals surface area contributed by atoms with Crippen molar-refractivity contribution in [3.63, 3.8) is 0 Å². The molecule has 1 aliphatic heterocycles. The van der Waals surface area contributed by atoms with E-state index in [1.54, 1.807) is 11.3 Å². The fraction of sp³-hybridized carbons (Fsp3) is 0.733. The number of hydrogen-bond acceptors (Lipinski definition) is 3. The standard InChI is InChI=1S/C15H26N4S.HI/c1-11(2)14-18-13(10-20-14)8-17-15(16-4)19-7-5-6-12(3)9-19;/h10-12H,5-9H2,1-4H3,(H,16,17);1H. The summed E-state index contributed by atoms with van der Waals surface area (Å²) in [4.78, 5) is 11.4. The van der Waals surface area contributed by atoms with Gasteiger partial charge in [-0.2, -0.15) is 0 Å². The lowest BCUT2D eigenvalue weighted by Crippen LogP contribution is -2.45. The molecule has 0 amide bonds. The van der Waals surface area contributed by atoms with Gasteiger partial charge in [0, 0.05) is 31.4 Å². The Morgan fingerprint density at radius 2 is 2.33 bits per heavy atom. The molecule has 1 aromatic rings. The summed E-state index contributed by atoms with van der Waals surface area (Å²) in [5.74, 6) is 2.28. The fourth-order valence-electron chi connectivity index (χ4n) is 2.55. The quantitative estimate of drug-likeness (QED) is 0.459. The first kappa shape index (κ1) is 18.7. The molecule has 1 N–H and O–H groups in total. The zero-order valence-corrected chi connectivity index (χ0v) is 16.6. The lowest BCUT2D eigenvalue weighted by molar-refractivity contribution is 0.266. The third-order valence-electron chi connectivity index (χ3n) is 3.66. The van der Waals surface area contributed by atoms with Crippen molar-refractivity contribution >= 4 is 41.3 Å². The van der Waals surface area contributed by atoms with Gasteiger partial charge in [-0.15, -0.1) is 35.3 Å². The van der Waals surface area contributed by atoms with Crippen molar-refractivity contribution in [1.82, 2.24) is 15.2 Å². The Kier molecular flexibility index (Phi) is 7.94. The summed E-state index contributed by atoms with van der Waals surface area (Å²) < 4.78 is 0. The van der Waals surface area contributed by atoms with Gasteiger partial charge in [-0.25, -0.2) is 4.98 Å². The maximum Gasteiger partial charge on any atom is 0.193 e. The van der Waals surface area contributed by atoms with Crippen LogP contribution in [0.2, 0.25) is 0 Å². The monoisotopic (exact) mass is 422 g/mol. The van der Waals surface area contributed by atoms with Gasteiger partial charge in [0.1, 0.15) is 0 Å². The molecule has 0 aromatic carbocycles. The summed E-state index contributed by atoms with van der Waals surface area (Å²) in [6, 6.07) is 0. The Bertz CT molecular complexity index is 458. The van der Waals surface area contributed by atoms with Crippen molar-refractivity contribution in [3.05, 3.63) is 16.1 Å². The number of aromatic nitrogens is 1. The van der Waals surface area contributed by atoms with E-state index in [9.17, 15) is 0 Å². The van der Waals surface area contributed by atoms with Gasteiger partial charge in [0.05, 0.1) is 17.2 Å². The summed E-state index contributed by atoms with van der Waals surface area (Å²) in [5, 5.41) is 6.81. The SMILES string of the molecule is CN=C(NCc1csc(C(C)C)n1)N1CCCC(C)C1.I. The molecule has 0 saturated carbocycles. The third kappa shape index (κ3) is 5.39. The van der Waals surface area contributed by atoms with Crippen molar-refractivity contribution in [3.8, 4) is 0 Å². The van der Waals surface area contributed by atoms with Crippen LogP contribution < -0.4 is 5.32 Å². The van der Waals surface area contributed by atoms with Crippen LogP contribution in [-0.2, 0) is 6.54 Å². The Labute approximate surface area is 149 Å². The van der Waals surface area contributed by atoms with E-state index >= 15 is 0 Å². The van der Waals surface area contributed by atoms with Gasteiger partial charge in [-0.3, -0.25) is 4.99 Å². The van der Waals surface area contributed by atoms with Gasteiger partial charge in [0.25, 0.3) is 0 Å². The summed E-state index contributed by atoms with van der Waals surface area (Å²) >= 11 is 1.75.